The van der Waals surface area contributed by atoms with Crippen molar-refractivity contribution < 1.29 is 9.13 Å². The summed E-state index contributed by atoms with van der Waals surface area (Å²) in [4.78, 5) is 1.41. The first-order valence-corrected chi connectivity index (χ1v) is 8.21. The molecular weight excluding hydrogens is 285 g/mol. The molecule has 114 valence electrons. The third-order valence-electron chi connectivity index (χ3n) is 3.52. The van der Waals surface area contributed by atoms with E-state index in [-0.39, 0.29) is 11.9 Å². The van der Waals surface area contributed by atoms with Crippen LogP contribution in [0.2, 0.25) is 0 Å². The van der Waals surface area contributed by atoms with Gasteiger partial charge in [-0.25, -0.2) is 4.39 Å². The standard InChI is InChI=1S/C17H22FNOS/c1-3-19-16(8-4-6-14-7-5-11-21-14)13-9-10-17(20-2)15(18)12-13/h5,7,9-12,16,19H,3-4,6,8H2,1-2H3. The summed E-state index contributed by atoms with van der Waals surface area (Å²) in [6.45, 7) is 2.95. The van der Waals surface area contributed by atoms with Gasteiger partial charge in [-0.1, -0.05) is 19.1 Å². The number of nitrogens with one attached hydrogen (secondary N) is 1. The first-order chi connectivity index (χ1) is 10.2. The van der Waals surface area contributed by atoms with Gasteiger partial charge in [0.2, 0.25) is 0 Å². The van der Waals surface area contributed by atoms with E-state index in [1.54, 1.807) is 23.5 Å². The van der Waals surface area contributed by atoms with Crippen molar-refractivity contribution in [3.8, 4) is 5.75 Å². The first kappa shape index (κ1) is 16.0. The second kappa shape index (κ2) is 8.15. The van der Waals surface area contributed by atoms with Gasteiger partial charge in [-0.15, -0.1) is 11.3 Å². The minimum absolute atomic E-state index is 0.190. The highest BCUT2D eigenvalue weighted by Crippen LogP contribution is 2.25. The summed E-state index contributed by atoms with van der Waals surface area (Å²) in [7, 11) is 1.49. The summed E-state index contributed by atoms with van der Waals surface area (Å²) in [5, 5.41) is 5.55. The van der Waals surface area contributed by atoms with E-state index < -0.39 is 0 Å². The van der Waals surface area contributed by atoms with Crippen LogP contribution in [0, 0.1) is 5.82 Å². The van der Waals surface area contributed by atoms with Crippen molar-refractivity contribution in [1.82, 2.24) is 5.32 Å². The van der Waals surface area contributed by atoms with Crippen LogP contribution in [0.15, 0.2) is 35.7 Å². The summed E-state index contributed by atoms with van der Waals surface area (Å²) in [6.07, 6.45) is 3.17. The van der Waals surface area contributed by atoms with E-state index >= 15 is 0 Å². The molecular formula is C17H22FNOS. The molecule has 4 heteroatoms. The van der Waals surface area contributed by atoms with Crippen LogP contribution in [0.1, 0.15) is 36.2 Å². The predicted molar refractivity (Wildman–Crippen MR) is 86.6 cm³/mol. The van der Waals surface area contributed by atoms with Crippen LogP contribution in [0.25, 0.3) is 0 Å². The number of hydrogen-bond donors (Lipinski definition) is 1. The van der Waals surface area contributed by atoms with Gasteiger partial charge in [-0.3, -0.25) is 0 Å². The molecule has 21 heavy (non-hydrogen) atoms. The van der Waals surface area contributed by atoms with Crippen molar-refractivity contribution in [2.24, 2.45) is 0 Å². The van der Waals surface area contributed by atoms with Gasteiger partial charge in [0.05, 0.1) is 7.11 Å². The minimum Gasteiger partial charge on any atom is -0.494 e. The first-order valence-electron chi connectivity index (χ1n) is 7.33. The van der Waals surface area contributed by atoms with Crippen molar-refractivity contribution in [3.63, 3.8) is 0 Å². The molecule has 0 aliphatic carbocycles. The monoisotopic (exact) mass is 307 g/mol. The Morgan fingerprint density at radius 1 is 1.33 bits per heavy atom. The van der Waals surface area contributed by atoms with Crippen LogP contribution < -0.4 is 10.1 Å². The van der Waals surface area contributed by atoms with Gasteiger partial charge in [-0.2, -0.15) is 0 Å². The number of hydrogen-bond acceptors (Lipinski definition) is 3. The van der Waals surface area contributed by atoms with Crippen molar-refractivity contribution in [1.29, 1.82) is 0 Å². The van der Waals surface area contributed by atoms with Gasteiger partial charge in [0.25, 0.3) is 0 Å². The van der Waals surface area contributed by atoms with Crippen LogP contribution in [-0.4, -0.2) is 13.7 Å². The molecule has 0 fully saturated rings. The molecule has 1 aromatic carbocycles. The van der Waals surface area contributed by atoms with Crippen LogP contribution in [0.4, 0.5) is 4.39 Å². The maximum absolute atomic E-state index is 13.8. The average Bonchev–Trinajstić information content (AvgIpc) is 2.99. The maximum Gasteiger partial charge on any atom is 0.165 e. The number of benzene rings is 1. The lowest BCUT2D eigenvalue weighted by molar-refractivity contribution is 0.385. The molecule has 0 saturated carbocycles. The minimum atomic E-state index is -0.295. The summed E-state index contributed by atoms with van der Waals surface area (Å²) >= 11 is 1.79. The Morgan fingerprint density at radius 2 is 2.19 bits per heavy atom. The number of aryl methyl sites for hydroxylation is 1. The van der Waals surface area contributed by atoms with Crippen LogP contribution in [0.5, 0.6) is 5.75 Å². The zero-order chi connectivity index (χ0) is 15.1. The molecule has 2 rings (SSSR count). The van der Waals surface area contributed by atoms with Gasteiger partial charge < -0.3 is 10.1 Å². The molecule has 2 nitrogen and oxygen atoms in total. The number of ether oxygens (including phenoxy) is 1. The Labute approximate surface area is 130 Å². The second-order valence-electron chi connectivity index (χ2n) is 4.98. The molecule has 0 amide bonds. The lowest BCUT2D eigenvalue weighted by atomic mass is 10.00. The van der Waals surface area contributed by atoms with Gasteiger partial charge in [0.1, 0.15) is 0 Å². The maximum atomic E-state index is 13.8. The molecule has 2 aromatic rings. The lowest BCUT2D eigenvalue weighted by Crippen LogP contribution is -2.21. The van der Waals surface area contributed by atoms with E-state index in [1.165, 1.54) is 12.0 Å². The molecule has 0 spiro atoms. The van der Waals surface area contributed by atoms with Gasteiger partial charge in [0, 0.05) is 10.9 Å². The molecule has 0 aliphatic rings. The molecule has 0 aliphatic heterocycles. The Hall–Kier alpha value is -1.39. The van der Waals surface area contributed by atoms with Crippen LogP contribution >= 0.6 is 11.3 Å². The largest absolute Gasteiger partial charge is 0.494 e. The summed E-state index contributed by atoms with van der Waals surface area (Å²) in [5.41, 5.74) is 0.987. The van der Waals surface area contributed by atoms with Gasteiger partial charge in [0.15, 0.2) is 11.6 Å². The van der Waals surface area contributed by atoms with E-state index in [1.807, 2.05) is 6.07 Å². The van der Waals surface area contributed by atoms with Crippen molar-refractivity contribution >= 4 is 11.3 Å². The van der Waals surface area contributed by atoms with E-state index in [2.05, 4.69) is 29.8 Å². The zero-order valence-corrected chi connectivity index (χ0v) is 13.4. The van der Waals surface area contributed by atoms with E-state index in [9.17, 15) is 4.39 Å². The molecule has 1 unspecified atom stereocenters. The third-order valence-corrected chi connectivity index (χ3v) is 4.46. The average molecular weight is 307 g/mol. The molecule has 0 saturated heterocycles. The SMILES string of the molecule is CCNC(CCCc1cccs1)c1ccc(OC)c(F)c1. The van der Waals surface area contributed by atoms with Crippen molar-refractivity contribution in [2.45, 2.75) is 32.2 Å². The number of methoxy groups -OCH3 is 1. The zero-order valence-electron chi connectivity index (χ0n) is 12.6. The molecule has 0 radical (unpaired) electrons. The fraction of sp³-hybridized carbons (Fsp3) is 0.412. The molecule has 0 bridgehead atoms. The third kappa shape index (κ3) is 4.55. The predicted octanol–water partition coefficient (Wildman–Crippen LogP) is 4.57. The number of rotatable bonds is 8. The molecule has 1 aromatic heterocycles. The second-order valence-corrected chi connectivity index (χ2v) is 6.01. The van der Waals surface area contributed by atoms with E-state index in [0.29, 0.717) is 5.75 Å². The Morgan fingerprint density at radius 3 is 2.81 bits per heavy atom. The quantitative estimate of drug-likeness (QED) is 0.771. The Bertz CT molecular complexity index is 542. The highest BCUT2D eigenvalue weighted by Gasteiger charge is 2.13. The fourth-order valence-electron chi connectivity index (χ4n) is 2.47. The Balaban J connectivity index is 1.98. The summed E-state index contributed by atoms with van der Waals surface area (Å²) in [6, 6.07) is 9.67. The number of halogens is 1. The smallest absolute Gasteiger partial charge is 0.165 e. The summed E-state index contributed by atoms with van der Waals surface area (Å²) < 4.78 is 18.8. The van der Waals surface area contributed by atoms with Crippen molar-refractivity contribution in [3.05, 3.63) is 52.0 Å². The molecule has 1 atom stereocenters. The lowest BCUT2D eigenvalue weighted by Gasteiger charge is -2.19. The molecule has 1 N–H and O–H groups in total. The van der Waals surface area contributed by atoms with E-state index in [4.69, 9.17) is 4.74 Å². The van der Waals surface area contributed by atoms with Crippen molar-refractivity contribution in [2.75, 3.05) is 13.7 Å². The normalized spacial score (nSPS) is 12.3. The summed E-state index contributed by atoms with van der Waals surface area (Å²) in [5.74, 6) is 0.00347. The van der Waals surface area contributed by atoms with Crippen LogP contribution in [-0.2, 0) is 6.42 Å². The Kier molecular flexibility index (Phi) is 6.21. The fourth-order valence-corrected chi connectivity index (χ4v) is 3.22. The highest BCUT2D eigenvalue weighted by molar-refractivity contribution is 7.09. The number of thiophene rings is 1. The van der Waals surface area contributed by atoms with Gasteiger partial charge in [-0.05, 0) is 54.9 Å². The molecule has 1 heterocycles. The van der Waals surface area contributed by atoms with Gasteiger partial charge >= 0.3 is 0 Å². The van der Waals surface area contributed by atoms with E-state index in [0.717, 1.165) is 31.4 Å². The van der Waals surface area contributed by atoms with Crippen LogP contribution in [0.3, 0.4) is 0 Å². The highest BCUT2D eigenvalue weighted by atomic mass is 32.1. The topological polar surface area (TPSA) is 21.3 Å².